The topological polar surface area (TPSA) is 9.23 Å². The van der Waals surface area contributed by atoms with Crippen LogP contribution in [0.15, 0.2) is 24.3 Å². The molecule has 0 aliphatic heterocycles. The van der Waals surface area contributed by atoms with E-state index in [0.29, 0.717) is 18.4 Å². The van der Waals surface area contributed by atoms with Crippen LogP contribution >= 0.6 is 0 Å². The fourth-order valence-electron chi connectivity index (χ4n) is 2.68. The summed E-state index contributed by atoms with van der Waals surface area (Å²) in [4.78, 5) is 0. The van der Waals surface area contributed by atoms with Crippen molar-refractivity contribution in [2.45, 2.75) is 32.3 Å². The summed E-state index contributed by atoms with van der Waals surface area (Å²) >= 11 is 0. The second-order valence-electron chi connectivity index (χ2n) is 5.33. The van der Waals surface area contributed by atoms with E-state index in [0.717, 1.165) is 0 Å². The summed E-state index contributed by atoms with van der Waals surface area (Å²) in [5.41, 5.74) is -1.29. The summed E-state index contributed by atoms with van der Waals surface area (Å²) in [5.74, 6) is -9.83. The van der Waals surface area contributed by atoms with E-state index in [1.165, 1.54) is 18.2 Å². The van der Waals surface area contributed by atoms with Gasteiger partial charge in [-0.05, 0) is 30.0 Å². The summed E-state index contributed by atoms with van der Waals surface area (Å²) < 4.78 is 73.4. The minimum atomic E-state index is -2.18. The summed E-state index contributed by atoms with van der Waals surface area (Å²) in [6.45, 7) is 3.71. The van der Waals surface area contributed by atoms with Crippen LogP contribution in [0, 0.1) is 29.1 Å². The van der Waals surface area contributed by atoms with Crippen LogP contribution in [0.5, 0.6) is 0 Å². The Balaban J connectivity index is 2.71. The highest BCUT2D eigenvalue weighted by atomic mass is 28.2. The Morgan fingerprint density at radius 1 is 0.875 bits per heavy atom. The predicted molar refractivity (Wildman–Crippen MR) is 80.8 cm³/mol. The van der Waals surface area contributed by atoms with Gasteiger partial charge in [0.05, 0.1) is 11.2 Å². The van der Waals surface area contributed by atoms with Crippen LogP contribution in [-0.4, -0.2) is 10.5 Å². The van der Waals surface area contributed by atoms with E-state index < -0.39 is 40.3 Å². The van der Waals surface area contributed by atoms with Crippen LogP contribution in [0.2, 0.25) is 0 Å². The molecule has 0 saturated carbocycles. The van der Waals surface area contributed by atoms with Crippen molar-refractivity contribution in [3.8, 4) is 11.1 Å². The summed E-state index contributed by atoms with van der Waals surface area (Å²) in [6, 6.07) is 5.80. The zero-order valence-corrected chi connectivity index (χ0v) is 14.0. The highest BCUT2D eigenvalue weighted by Gasteiger charge is 2.30. The molecule has 0 aromatic heterocycles. The Hall–Kier alpha value is -1.73. The Morgan fingerprint density at radius 3 is 1.83 bits per heavy atom. The zero-order chi connectivity index (χ0) is 18.1. The molecular formula is C17H14F5OSi. The van der Waals surface area contributed by atoms with Crippen LogP contribution in [0.1, 0.15) is 32.3 Å². The van der Waals surface area contributed by atoms with Crippen LogP contribution in [0.4, 0.5) is 22.0 Å². The van der Waals surface area contributed by atoms with Crippen LogP contribution < -0.4 is 0 Å². The lowest BCUT2D eigenvalue weighted by molar-refractivity contribution is 0.0686. The second kappa shape index (κ2) is 7.02. The average Bonchev–Trinajstić information content (AvgIpc) is 2.61. The van der Waals surface area contributed by atoms with Gasteiger partial charge in [-0.1, -0.05) is 32.0 Å². The molecule has 0 saturated heterocycles. The van der Waals surface area contributed by atoms with E-state index >= 15 is 0 Å². The number of rotatable bonds is 5. The van der Waals surface area contributed by atoms with Gasteiger partial charge in [0.15, 0.2) is 23.3 Å². The fraction of sp³-hybridized carbons (Fsp3) is 0.294. The smallest absolute Gasteiger partial charge is 0.247 e. The summed E-state index contributed by atoms with van der Waals surface area (Å²) in [6.07, 6.45) is 1.07. The minimum Gasteiger partial charge on any atom is -0.409 e. The van der Waals surface area contributed by atoms with Gasteiger partial charge in [0, 0.05) is 0 Å². The van der Waals surface area contributed by atoms with Gasteiger partial charge in [-0.3, -0.25) is 0 Å². The van der Waals surface area contributed by atoms with Crippen LogP contribution in [0.3, 0.4) is 0 Å². The van der Waals surface area contributed by atoms with Crippen molar-refractivity contribution in [3.63, 3.8) is 0 Å². The van der Waals surface area contributed by atoms with E-state index in [1.807, 2.05) is 13.8 Å². The first-order chi connectivity index (χ1) is 11.3. The van der Waals surface area contributed by atoms with Gasteiger partial charge in [-0.2, -0.15) is 0 Å². The SMILES string of the molecule is CCC(CC)(O[Si])c1cccc(-c2c(F)c(F)c(F)c(F)c2F)c1. The lowest BCUT2D eigenvalue weighted by Crippen LogP contribution is -2.27. The highest BCUT2D eigenvalue weighted by molar-refractivity contribution is 5.98. The quantitative estimate of drug-likeness (QED) is 0.311. The van der Waals surface area contributed by atoms with Crippen LogP contribution in [-0.2, 0) is 10.0 Å². The molecule has 24 heavy (non-hydrogen) atoms. The first-order valence-corrected chi connectivity index (χ1v) is 7.70. The Kier molecular flexibility index (Phi) is 5.44. The molecule has 0 spiro atoms. The molecule has 0 heterocycles. The zero-order valence-electron chi connectivity index (χ0n) is 13.0. The van der Waals surface area contributed by atoms with Gasteiger partial charge in [-0.15, -0.1) is 0 Å². The monoisotopic (exact) mass is 357 g/mol. The lowest BCUT2D eigenvalue weighted by Gasteiger charge is -2.31. The number of benzene rings is 2. The van der Waals surface area contributed by atoms with Gasteiger partial charge in [-0.25, -0.2) is 22.0 Å². The standard InChI is InChI=1S/C17H14F5OSi/c1-3-17(4-2,23-24)10-7-5-6-9(8-10)11-12(18)14(20)16(22)15(21)13(11)19/h5-8H,3-4H2,1-2H3. The third-order valence-electron chi connectivity index (χ3n) is 4.22. The van der Waals surface area contributed by atoms with Crippen LogP contribution in [0.25, 0.3) is 11.1 Å². The van der Waals surface area contributed by atoms with Crippen molar-refractivity contribution in [2.75, 3.05) is 0 Å². The summed E-state index contributed by atoms with van der Waals surface area (Å²) in [7, 11) is 3.01. The Morgan fingerprint density at radius 2 is 1.38 bits per heavy atom. The number of hydrogen-bond acceptors (Lipinski definition) is 1. The average molecular weight is 357 g/mol. The van der Waals surface area contributed by atoms with E-state index in [2.05, 4.69) is 10.5 Å². The molecule has 0 bridgehead atoms. The molecule has 2 aromatic carbocycles. The van der Waals surface area contributed by atoms with Gasteiger partial charge in [0.25, 0.3) is 0 Å². The molecule has 1 nitrogen and oxygen atoms in total. The molecule has 0 fully saturated rings. The molecule has 0 unspecified atom stereocenters. The van der Waals surface area contributed by atoms with Gasteiger partial charge >= 0.3 is 0 Å². The van der Waals surface area contributed by atoms with Crippen molar-refractivity contribution in [3.05, 3.63) is 58.9 Å². The van der Waals surface area contributed by atoms with Crippen molar-refractivity contribution >= 4 is 10.5 Å². The van der Waals surface area contributed by atoms with E-state index in [4.69, 9.17) is 4.43 Å². The minimum absolute atomic E-state index is 0.115. The molecule has 0 aliphatic carbocycles. The van der Waals surface area contributed by atoms with Crippen molar-refractivity contribution in [2.24, 2.45) is 0 Å². The third-order valence-corrected chi connectivity index (χ3v) is 4.62. The highest BCUT2D eigenvalue weighted by Crippen LogP contribution is 2.37. The summed E-state index contributed by atoms with van der Waals surface area (Å²) in [5, 5.41) is 0. The molecule has 7 heteroatoms. The van der Waals surface area contributed by atoms with E-state index in [1.54, 1.807) is 6.07 Å². The van der Waals surface area contributed by atoms with Crippen molar-refractivity contribution in [1.29, 1.82) is 0 Å². The van der Waals surface area contributed by atoms with E-state index in [9.17, 15) is 22.0 Å². The predicted octanol–water partition coefficient (Wildman–Crippen LogP) is 5.16. The largest absolute Gasteiger partial charge is 0.409 e. The van der Waals surface area contributed by atoms with Crippen molar-refractivity contribution in [1.82, 2.24) is 0 Å². The normalized spacial score (nSPS) is 11.8. The third kappa shape index (κ3) is 2.86. The van der Waals surface area contributed by atoms with Gasteiger partial charge < -0.3 is 4.43 Å². The molecular weight excluding hydrogens is 343 g/mol. The first kappa shape index (κ1) is 18.6. The molecule has 2 rings (SSSR count). The van der Waals surface area contributed by atoms with E-state index in [-0.39, 0.29) is 5.56 Å². The second-order valence-corrected chi connectivity index (χ2v) is 5.53. The molecule has 0 aliphatic rings. The lowest BCUT2D eigenvalue weighted by atomic mass is 9.87. The Labute approximate surface area is 140 Å². The molecule has 127 valence electrons. The van der Waals surface area contributed by atoms with Gasteiger partial charge in [0.2, 0.25) is 16.3 Å². The maximum Gasteiger partial charge on any atom is 0.247 e. The molecule has 0 N–H and O–H groups in total. The maximum absolute atomic E-state index is 14.0. The first-order valence-electron chi connectivity index (χ1n) is 7.30. The molecule has 0 atom stereocenters. The number of halogens is 5. The number of hydrogen-bond donors (Lipinski definition) is 0. The molecule has 3 radical (unpaired) electrons. The fourth-order valence-corrected chi connectivity index (χ4v) is 3.08. The Bertz CT molecular complexity index is 722. The van der Waals surface area contributed by atoms with Crippen molar-refractivity contribution < 1.29 is 26.4 Å². The molecule has 0 amide bonds. The maximum atomic E-state index is 14.0. The van der Waals surface area contributed by atoms with Gasteiger partial charge in [0.1, 0.15) is 0 Å². The molecule has 2 aromatic rings.